The summed E-state index contributed by atoms with van der Waals surface area (Å²) in [4.78, 5) is 0. The minimum atomic E-state index is -0.854. The van der Waals surface area contributed by atoms with Crippen LogP contribution in [0.25, 0.3) is 0 Å². The van der Waals surface area contributed by atoms with Crippen molar-refractivity contribution in [3.8, 4) is 0 Å². The van der Waals surface area contributed by atoms with Gasteiger partial charge in [0.05, 0.1) is 23.8 Å². The molecule has 1 aromatic rings. The molecule has 1 unspecified atom stereocenters. The highest BCUT2D eigenvalue weighted by Crippen LogP contribution is 2.38. The van der Waals surface area contributed by atoms with Gasteiger partial charge in [-0.25, -0.2) is 0 Å². The number of benzene rings is 1. The molecule has 1 aliphatic rings. The summed E-state index contributed by atoms with van der Waals surface area (Å²) in [5, 5.41) is 1.13. The maximum absolute atomic E-state index is 6.22. The Balaban J connectivity index is 2.06. The Morgan fingerprint density at radius 2 is 2.05 bits per heavy atom. The summed E-state index contributed by atoms with van der Waals surface area (Å²) in [7, 11) is 0. The van der Waals surface area contributed by atoms with Crippen LogP contribution in [-0.4, -0.2) is 24.9 Å². The van der Waals surface area contributed by atoms with E-state index in [1.54, 1.807) is 12.1 Å². The summed E-state index contributed by atoms with van der Waals surface area (Å²) in [5.41, 5.74) is 0.585. The Kier molecular flexibility index (Phi) is 4.67. The van der Waals surface area contributed by atoms with Gasteiger partial charge in [-0.15, -0.1) is 0 Å². The quantitative estimate of drug-likeness (QED) is 0.826. The highest BCUT2D eigenvalue weighted by atomic mass is 35.5. The maximum atomic E-state index is 6.22. The van der Waals surface area contributed by atoms with Crippen LogP contribution >= 0.6 is 23.2 Å². The fourth-order valence-corrected chi connectivity index (χ4v) is 2.64. The van der Waals surface area contributed by atoms with Crippen LogP contribution in [0.4, 0.5) is 0 Å². The highest BCUT2D eigenvalue weighted by molar-refractivity contribution is 6.35. The van der Waals surface area contributed by atoms with E-state index in [1.807, 2.05) is 33.8 Å². The van der Waals surface area contributed by atoms with Gasteiger partial charge in [0, 0.05) is 10.6 Å². The van der Waals surface area contributed by atoms with Crippen molar-refractivity contribution in [2.75, 3.05) is 13.2 Å². The standard InChI is InChI=1S/C15H20Cl2O3/c1-14(2,3)18-8-11-9-19-15(4,20-11)12-6-5-10(16)7-13(12)17/h5-7,11H,8-9H2,1-4H3/t11?,15-/m1/s1. The van der Waals surface area contributed by atoms with E-state index in [2.05, 4.69) is 0 Å². The third-order valence-corrected chi connectivity index (χ3v) is 3.61. The van der Waals surface area contributed by atoms with Crippen molar-refractivity contribution in [2.45, 2.75) is 45.2 Å². The Hall–Kier alpha value is -0.320. The molecule has 1 heterocycles. The fourth-order valence-electron chi connectivity index (χ4n) is 2.06. The van der Waals surface area contributed by atoms with E-state index in [0.717, 1.165) is 5.56 Å². The van der Waals surface area contributed by atoms with E-state index in [9.17, 15) is 0 Å². The normalized spacial score (nSPS) is 27.0. The molecule has 112 valence electrons. The molecular weight excluding hydrogens is 299 g/mol. The Morgan fingerprint density at radius 3 is 2.65 bits per heavy atom. The molecule has 0 aromatic heterocycles. The summed E-state index contributed by atoms with van der Waals surface area (Å²) in [6.07, 6.45) is -0.106. The van der Waals surface area contributed by atoms with E-state index in [0.29, 0.717) is 23.3 Å². The van der Waals surface area contributed by atoms with Gasteiger partial charge in [-0.1, -0.05) is 29.3 Å². The molecule has 5 heteroatoms. The zero-order chi connectivity index (χ0) is 15.0. The lowest BCUT2D eigenvalue weighted by molar-refractivity contribution is -0.172. The van der Waals surface area contributed by atoms with Crippen LogP contribution in [0.2, 0.25) is 10.0 Å². The van der Waals surface area contributed by atoms with Crippen LogP contribution in [0.5, 0.6) is 0 Å². The maximum Gasteiger partial charge on any atom is 0.194 e. The van der Waals surface area contributed by atoms with Gasteiger partial charge in [-0.3, -0.25) is 0 Å². The van der Waals surface area contributed by atoms with E-state index in [4.69, 9.17) is 37.4 Å². The number of rotatable bonds is 3. The van der Waals surface area contributed by atoms with Crippen LogP contribution in [-0.2, 0) is 20.0 Å². The van der Waals surface area contributed by atoms with Gasteiger partial charge < -0.3 is 14.2 Å². The second-order valence-corrected chi connectivity index (χ2v) is 6.89. The summed E-state index contributed by atoms with van der Waals surface area (Å²) >= 11 is 12.1. The lowest BCUT2D eigenvalue weighted by Gasteiger charge is -2.26. The van der Waals surface area contributed by atoms with Crippen LogP contribution < -0.4 is 0 Å². The molecule has 0 bridgehead atoms. The summed E-state index contributed by atoms with van der Waals surface area (Å²) in [6, 6.07) is 5.30. The second kappa shape index (κ2) is 5.82. The van der Waals surface area contributed by atoms with Gasteiger partial charge >= 0.3 is 0 Å². The lowest BCUT2D eigenvalue weighted by Crippen LogP contribution is -2.29. The summed E-state index contributed by atoms with van der Waals surface area (Å²) in [5.74, 6) is -0.854. The van der Waals surface area contributed by atoms with Gasteiger partial charge in [0.2, 0.25) is 0 Å². The van der Waals surface area contributed by atoms with Gasteiger partial charge in [0.25, 0.3) is 0 Å². The molecule has 2 rings (SSSR count). The summed E-state index contributed by atoms with van der Waals surface area (Å²) in [6.45, 7) is 8.86. The van der Waals surface area contributed by atoms with Crippen molar-refractivity contribution >= 4 is 23.2 Å². The first kappa shape index (κ1) is 16.1. The molecule has 0 radical (unpaired) electrons. The number of halogens is 2. The molecular formula is C15H20Cl2O3. The SMILES string of the molecule is CC(C)(C)OCC1CO[C@@](C)(c2ccc(Cl)cc2Cl)O1. The van der Waals surface area contributed by atoms with E-state index >= 15 is 0 Å². The average molecular weight is 319 g/mol. The van der Waals surface area contributed by atoms with Gasteiger partial charge in [-0.2, -0.15) is 0 Å². The largest absolute Gasteiger partial charge is 0.373 e. The van der Waals surface area contributed by atoms with Crippen LogP contribution in [0, 0.1) is 0 Å². The molecule has 0 spiro atoms. The molecule has 0 saturated carbocycles. The van der Waals surface area contributed by atoms with Crippen LogP contribution in [0.3, 0.4) is 0 Å². The number of ether oxygens (including phenoxy) is 3. The van der Waals surface area contributed by atoms with E-state index < -0.39 is 5.79 Å². The molecule has 0 amide bonds. The molecule has 0 N–H and O–H groups in total. The monoisotopic (exact) mass is 318 g/mol. The highest BCUT2D eigenvalue weighted by Gasteiger charge is 2.40. The number of hydrogen-bond acceptors (Lipinski definition) is 3. The smallest absolute Gasteiger partial charge is 0.194 e. The second-order valence-electron chi connectivity index (χ2n) is 6.04. The molecule has 3 nitrogen and oxygen atoms in total. The Labute approximate surface area is 130 Å². The first-order valence-electron chi connectivity index (χ1n) is 6.61. The topological polar surface area (TPSA) is 27.7 Å². The minimum absolute atomic E-state index is 0.106. The zero-order valence-electron chi connectivity index (χ0n) is 12.2. The van der Waals surface area contributed by atoms with Crippen molar-refractivity contribution in [3.05, 3.63) is 33.8 Å². The molecule has 20 heavy (non-hydrogen) atoms. The molecule has 1 aliphatic heterocycles. The first-order chi connectivity index (χ1) is 9.20. The lowest BCUT2D eigenvalue weighted by atomic mass is 10.1. The first-order valence-corrected chi connectivity index (χ1v) is 7.36. The van der Waals surface area contributed by atoms with Gasteiger partial charge in [-0.05, 0) is 39.8 Å². The summed E-state index contributed by atoms with van der Waals surface area (Å²) < 4.78 is 17.5. The van der Waals surface area contributed by atoms with Gasteiger partial charge in [0.1, 0.15) is 6.10 Å². The molecule has 1 saturated heterocycles. The molecule has 1 aromatic carbocycles. The molecule has 0 aliphatic carbocycles. The minimum Gasteiger partial charge on any atom is -0.373 e. The van der Waals surface area contributed by atoms with Crippen LogP contribution in [0.1, 0.15) is 33.3 Å². The zero-order valence-corrected chi connectivity index (χ0v) is 13.7. The van der Waals surface area contributed by atoms with E-state index in [1.165, 1.54) is 0 Å². The van der Waals surface area contributed by atoms with Crippen molar-refractivity contribution in [3.63, 3.8) is 0 Å². The molecule has 2 atom stereocenters. The van der Waals surface area contributed by atoms with E-state index in [-0.39, 0.29) is 11.7 Å². The predicted octanol–water partition coefficient (Wildman–Crippen LogP) is 4.40. The van der Waals surface area contributed by atoms with Crippen molar-refractivity contribution < 1.29 is 14.2 Å². The van der Waals surface area contributed by atoms with Crippen molar-refractivity contribution in [1.29, 1.82) is 0 Å². The average Bonchev–Trinajstić information content (AvgIpc) is 2.68. The number of hydrogen-bond donors (Lipinski definition) is 0. The van der Waals surface area contributed by atoms with Crippen molar-refractivity contribution in [1.82, 2.24) is 0 Å². The fraction of sp³-hybridized carbons (Fsp3) is 0.600. The third-order valence-electron chi connectivity index (χ3n) is 3.06. The molecule has 1 fully saturated rings. The van der Waals surface area contributed by atoms with Crippen LogP contribution in [0.15, 0.2) is 18.2 Å². The predicted molar refractivity (Wildman–Crippen MR) is 80.3 cm³/mol. The van der Waals surface area contributed by atoms with Gasteiger partial charge in [0.15, 0.2) is 5.79 Å². The van der Waals surface area contributed by atoms with Crippen molar-refractivity contribution in [2.24, 2.45) is 0 Å². The third kappa shape index (κ3) is 3.86. The Morgan fingerprint density at radius 1 is 1.35 bits per heavy atom. The Bertz CT molecular complexity index is 484.